The molecule has 0 radical (unpaired) electrons. The van der Waals surface area contributed by atoms with E-state index in [-0.39, 0.29) is 5.41 Å². The van der Waals surface area contributed by atoms with Gasteiger partial charge in [-0.2, -0.15) is 0 Å². The van der Waals surface area contributed by atoms with E-state index in [1.165, 1.54) is 0 Å². The van der Waals surface area contributed by atoms with E-state index in [0.717, 1.165) is 16.5 Å². The summed E-state index contributed by atoms with van der Waals surface area (Å²) in [6.07, 6.45) is 0.113. The van der Waals surface area contributed by atoms with E-state index in [1.807, 2.05) is 13.8 Å². The number of hydrogen-bond donors (Lipinski definition) is 2. The number of ether oxygens (including phenoxy) is 2. The normalized spacial score (nSPS) is 15.7. The summed E-state index contributed by atoms with van der Waals surface area (Å²) in [4.78, 5) is 0. The van der Waals surface area contributed by atoms with E-state index >= 15 is 0 Å². The zero-order valence-corrected chi connectivity index (χ0v) is 13.5. The molecule has 0 aromatic heterocycles. The lowest BCUT2D eigenvalue weighted by Gasteiger charge is -2.33. The van der Waals surface area contributed by atoms with Gasteiger partial charge in [-0.25, -0.2) is 0 Å². The molecule has 1 aromatic rings. The Bertz CT molecular complexity index is 433. The molecule has 4 nitrogen and oxygen atoms in total. The van der Waals surface area contributed by atoms with Gasteiger partial charge in [0.1, 0.15) is 0 Å². The molecule has 0 fully saturated rings. The third kappa shape index (κ3) is 3.22. The molecular weight excluding hydrogens is 310 g/mol. The van der Waals surface area contributed by atoms with Crippen LogP contribution < -0.4 is 15.2 Å². The Labute approximate surface area is 123 Å². The van der Waals surface area contributed by atoms with Crippen LogP contribution in [-0.4, -0.2) is 25.9 Å². The van der Waals surface area contributed by atoms with Crippen molar-refractivity contribution in [3.05, 3.63) is 22.2 Å². The van der Waals surface area contributed by atoms with Gasteiger partial charge < -0.3 is 20.3 Å². The molecule has 0 spiro atoms. The lowest BCUT2D eigenvalue weighted by molar-refractivity contribution is 0.0384. The Morgan fingerprint density at radius 2 is 1.84 bits per heavy atom. The molecule has 1 rings (SSSR count). The molecule has 0 aliphatic heterocycles. The predicted octanol–water partition coefficient (Wildman–Crippen LogP) is 2.87. The number of aliphatic hydroxyl groups is 1. The van der Waals surface area contributed by atoms with Gasteiger partial charge in [0.15, 0.2) is 11.5 Å². The first-order valence-corrected chi connectivity index (χ1v) is 7.02. The van der Waals surface area contributed by atoms with Crippen LogP contribution >= 0.6 is 15.9 Å². The molecule has 0 heterocycles. The molecule has 2 unspecified atom stereocenters. The van der Waals surface area contributed by atoms with Crippen LogP contribution in [0.25, 0.3) is 0 Å². The van der Waals surface area contributed by atoms with E-state index in [9.17, 15) is 5.11 Å². The second-order valence-corrected chi connectivity index (χ2v) is 5.70. The Kier molecular flexibility index (Phi) is 5.64. The Balaban J connectivity index is 3.27. The zero-order chi connectivity index (χ0) is 14.6. The first-order valence-electron chi connectivity index (χ1n) is 6.23. The highest BCUT2D eigenvalue weighted by Gasteiger charge is 2.33. The third-order valence-corrected chi connectivity index (χ3v) is 4.42. The van der Waals surface area contributed by atoms with E-state index in [0.29, 0.717) is 18.0 Å². The minimum atomic E-state index is -0.670. The highest BCUT2D eigenvalue weighted by molar-refractivity contribution is 9.10. The van der Waals surface area contributed by atoms with E-state index < -0.39 is 6.10 Å². The molecule has 0 aliphatic rings. The smallest absolute Gasteiger partial charge is 0.161 e. The number of rotatable bonds is 6. The molecule has 0 saturated heterocycles. The Hall–Kier alpha value is -0.780. The number of halogens is 1. The summed E-state index contributed by atoms with van der Waals surface area (Å²) in [5.74, 6) is 1.21. The van der Waals surface area contributed by atoms with Crippen molar-refractivity contribution < 1.29 is 14.6 Å². The molecular formula is C14H22BrNO3. The summed E-state index contributed by atoms with van der Waals surface area (Å²) >= 11 is 3.47. The van der Waals surface area contributed by atoms with Gasteiger partial charge in [0.25, 0.3) is 0 Å². The van der Waals surface area contributed by atoms with Crippen LogP contribution in [-0.2, 0) is 0 Å². The summed E-state index contributed by atoms with van der Waals surface area (Å²) in [6.45, 7) is 4.40. The van der Waals surface area contributed by atoms with E-state index in [2.05, 4.69) is 15.9 Å². The highest BCUT2D eigenvalue weighted by Crippen LogP contribution is 2.42. The van der Waals surface area contributed by atoms with E-state index in [4.69, 9.17) is 15.2 Å². The SMILES string of the molecule is CCC(C)(CN)C(O)c1cc(OC)c(OC)cc1Br. The minimum Gasteiger partial charge on any atom is -0.493 e. The van der Waals surface area contributed by atoms with Gasteiger partial charge in [0, 0.05) is 16.4 Å². The number of aliphatic hydroxyl groups excluding tert-OH is 1. The quantitative estimate of drug-likeness (QED) is 0.841. The van der Waals surface area contributed by atoms with Gasteiger partial charge in [0.2, 0.25) is 0 Å². The summed E-state index contributed by atoms with van der Waals surface area (Å²) in [6, 6.07) is 3.58. The van der Waals surface area contributed by atoms with Gasteiger partial charge in [-0.3, -0.25) is 0 Å². The fraction of sp³-hybridized carbons (Fsp3) is 0.571. The van der Waals surface area contributed by atoms with Crippen molar-refractivity contribution in [2.45, 2.75) is 26.4 Å². The predicted molar refractivity (Wildman–Crippen MR) is 79.7 cm³/mol. The van der Waals surface area contributed by atoms with Gasteiger partial charge in [0.05, 0.1) is 20.3 Å². The fourth-order valence-corrected chi connectivity index (χ4v) is 2.44. The molecule has 3 N–H and O–H groups in total. The maximum atomic E-state index is 10.6. The van der Waals surface area contributed by atoms with Crippen LogP contribution in [0.15, 0.2) is 16.6 Å². The molecule has 19 heavy (non-hydrogen) atoms. The number of hydrogen-bond acceptors (Lipinski definition) is 4. The van der Waals surface area contributed by atoms with Crippen molar-refractivity contribution in [1.82, 2.24) is 0 Å². The van der Waals surface area contributed by atoms with Crippen LogP contribution in [0.4, 0.5) is 0 Å². The lowest BCUT2D eigenvalue weighted by atomic mass is 9.78. The monoisotopic (exact) mass is 331 g/mol. The second-order valence-electron chi connectivity index (χ2n) is 4.84. The largest absolute Gasteiger partial charge is 0.493 e. The molecule has 2 atom stereocenters. The Morgan fingerprint density at radius 3 is 2.26 bits per heavy atom. The van der Waals surface area contributed by atoms with E-state index in [1.54, 1.807) is 26.4 Å². The average Bonchev–Trinajstić information content (AvgIpc) is 2.45. The topological polar surface area (TPSA) is 64.7 Å². The van der Waals surface area contributed by atoms with Crippen molar-refractivity contribution in [2.75, 3.05) is 20.8 Å². The molecule has 5 heteroatoms. The maximum Gasteiger partial charge on any atom is 0.161 e. The standard InChI is InChI=1S/C14H22BrNO3/c1-5-14(2,8-16)13(17)9-6-11(18-3)12(19-4)7-10(9)15/h6-7,13,17H,5,8,16H2,1-4H3. The van der Waals surface area contributed by atoms with Crippen molar-refractivity contribution in [3.63, 3.8) is 0 Å². The van der Waals surface area contributed by atoms with Gasteiger partial charge in [-0.05, 0) is 24.1 Å². The molecule has 0 saturated carbocycles. The lowest BCUT2D eigenvalue weighted by Crippen LogP contribution is -2.33. The Morgan fingerprint density at radius 1 is 1.32 bits per heavy atom. The van der Waals surface area contributed by atoms with Crippen LogP contribution in [0.1, 0.15) is 31.9 Å². The van der Waals surface area contributed by atoms with Crippen LogP contribution in [0.5, 0.6) is 11.5 Å². The zero-order valence-electron chi connectivity index (χ0n) is 11.9. The second kappa shape index (κ2) is 6.59. The van der Waals surface area contributed by atoms with Crippen molar-refractivity contribution in [1.29, 1.82) is 0 Å². The average molecular weight is 332 g/mol. The summed E-state index contributed by atoms with van der Waals surface area (Å²) in [5.41, 5.74) is 6.19. The van der Waals surface area contributed by atoms with Crippen molar-refractivity contribution >= 4 is 15.9 Å². The van der Waals surface area contributed by atoms with Gasteiger partial charge in [-0.1, -0.05) is 29.8 Å². The van der Waals surface area contributed by atoms with Gasteiger partial charge >= 0.3 is 0 Å². The number of benzene rings is 1. The molecule has 1 aromatic carbocycles. The minimum absolute atomic E-state index is 0.373. The molecule has 0 amide bonds. The number of nitrogens with two attached hydrogens (primary N) is 1. The highest BCUT2D eigenvalue weighted by atomic mass is 79.9. The first-order chi connectivity index (χ1) is 8.93. The number of methoxy groups -OCH3 is 2. The van der Waals surface area contributed by atoms with Crippen LogP contribution in [0, 0.1) is 5.41 Å². The van der Waals surface area contributed by atoms with Gasteiger partial charge in [-0.15, -0.1) is 0 Å². The summed E-state index contributed by atoms with van der Waals surface area (Å²) in [5, 5.41) is 10.6. The van der Waals surface area contributed by atoms with Crippen LogP contribution in [0.2, 0.25) is 0 Å². The van der Waals surface area contributed by atoms with Crippen LogP contribution in [0.3, 0.4) is 0 Å². The summed E-state index contributed by atoms with van der Waals surface area (Å²) in [7, 11) is 3.15. The summed E-state index contributed by atoms with van der Waals surface area (Å²) < 4.78 is 11.3. The third-order valence-electron chi connectivity index (χ3n) is 3.73. The van der Waals surface area contributed by atoms with Crippen molar-refractivity contribution in [3.8, 4) is 11.5 Å². The molecule has 108 valence electrons. The molecule has 0 bridgehead atoms. The first kappa shape index (κ1) is 16.3. The maximum absolute atomic E-state index is 10.6. The fourth-order valence-electron chi connectivity index (χ4n) is 1.90. The molecule has 0 aliphatic carbocycles. The van der Waals surface area contributed by atoms with Crippen molar-refractivity contribution in [2.24, 2.45) is 11.1 Å².